The van der Waals surface area contributed by atoms with Gasteiger partial charge in [0.05, 0.1) is 6.10 Å². The summed E-state index contributed by atoms with van der Waals surface area (Å²) in [6.07, 6.45) is -1.12. The molecule has 0 saturated heterocycles. The Morgan fingerprint density at radius 3 is 2.46 bits per heavy atom. The molecule has 13 heavy (non-hydrogen) atoms. The second-order valence-electron chi connectivity index (χ2n) is 3.05. The standard InChI is InChI=1S/C10H15NO2/c1-2-9(12)10(13)7-5-3-4-6-8(7)11/h3-6,9-10,12-13H,2,11H2,1H3/t9-,10-/m0/s1. The van der Waals surface area contributed by atoms with Crippen molar-refractivity contribution in [3.8, 4) is 0 Å². The minimum atomic E-state index is -0.883. The fourth-order valence-electron chi connectivity index (χ4n) is 1.21. The van der Waals surface area contributed by atoms with Gasteiger partial charge in [-0.2, -0.15) is 0 Å². The Morgan fingerprint density at radius 2 is 1.92 bits per heavy atom. The Balaban J connectivity index is 2.88. The van der Waals surface area contributed by atoms with Crippen LogP contribution in [-0.4, -0.2) is 16.3 Å². The molecule has 1 aromatic rings. The molecule has 0 fully saturated rings. The van der Waals surface area contributed by atoms with Crippen molar-refractivity contribution in [1.82, 2.24) is 0 Å². The van der Waals surface area contributed by atoms with Gasteiger partial charge in [0.1, 0.15) is 6.10 Å². The Labute approximate surface area is 77.8 Å². The minimum Gasteiger partial charge on any atom is -0.398 e. The van der Waals surface area contributed by atoms with E-state index in [1.165, 1.54) is 0 Å². The van der Waals surface area contributed by atoms with E-state index in [9.17, 15) is 10.2 Å². The maximum atomic E-state index is 9.64. The number of aliphatic hydroxyl groups is 2. The molecule has 0 spiro atoms. The van der Waals surface area contributed by atoms with E-state index in [4.69, 9.17) is 5.73 Å². The highest BCUT2D eigenvalue weighted by Gasteiger charge is 2.17. The zero-order valence-corrected chi connectivity index (χ0v) is 7.64. The first-order chi connectivity index (χ1) is 6.16. The smallest absolute Gasteiger partial charge is 0.107 e. The largest absolute Gasteiger partial charge is 0.398 e. The maximum absolute atomic E-state index is 9.64. The van der Waals surface area contributed by atoms with Crippen LogP contribution in [0.15, 0.2) is 24.3 Å². The molecule has 1 rings (SSSR count). The van der Waals surface area contributed by atoms with Crippen LogP contribution >= 0.6 is 0 Å². The van der Waals surface area contributed by atoms with Crippen molar-refractivity contribution in [2.75, 3.05) is 5.73 Å². The molecule has 0 radical (unpaired) electrons. The van der Waals surface area contributed by atoms with Crippen LogP contribution in [0, 0.1) is 0 Å². The van der Waals surface area contributed by atoms with Gasteiger partial charge in [0.2, 0.25) is 0 Å². The minimum absolute atomic E-state index is 0.509. The van der Waals surface area contributed by atoms with Gasteiger partial charge in [-0.15, -0.1) is 0 Å². The molecule has 0 unspecified atom stereocenters. The second kappa shape index (κ2) is 4.25. The van der Waals surface area contributed by atoms with E-state index in [2.05, 4.69) is 0 Å². The van der Waals surface area contributed by atoms with Crippen molar-refractivity contribution >= 4 is 5.69 Å². The lowest BCUT2D eigenvalue weighted by Gasteiger charge is -2.17. The lowest BCUT2D eigenvalue weighted by Crippen LogP contribution is -2.18. The molecule has 4 N–H and O–H groups in total. The molecule has 0 heterocycles. The Hall–Kier alpha value is -1.06. The fourth-order valence-corrected chi connectivity index (χ4v) is 1.21. The lowest BCUT2D eigenvalue weighted by atomic mass is 10.0. The summed E-state index contributed by atoms with van der Waals surface area (Å²) in [5.41, 5.74) is 6.75. The molecule has 0 aliphatic rings. The first kappa shape index (κ1) is 10.0. The van der Waals surface area contributed by atoms with Crippen LogP contribution in [-0.2, 0) is 0 Å². The number of nitrogen functional groups attached to an aromatic ring is 1. The molecular weight excluding hydrogens is 166 g/mol. The number of anilines is 1. The van der Waals surface area contributed by atoms with Gasteiger partial charge in [0, 0.05) is 11.3 Å². The van der Waals surface area contributed by atoms with E-state index in [0.29, 0.717) is 17.7 Å². The van der Waals surface area contributed by atoms with Crippen LogP contribution in [0.4, 0.5) is 5.69 Å². The Bertz CT molecular complexity index is 275. The zero-order chi connectivity index (χ0) is 9.84. The van der Waals surface area contributed by atoms with Crippen LogP contribution in [0.2, 0.25) is 0 Å². The predicted molar refractivity (Wildman–Crippen MR) is 52.1 cm³/mol. The normalized spacial score (nSPS) is 15.3. The van der Waals surface area contributed by atoms with Crippen molar-refractivity contribution in [3.05, 3.63) is 29.8 Å². The van der Waals surface area contributed by atoms with Gasteiger partial charge < -0.3 is 15.9 Å². The highest BCUT2D eigenvalue weighted by atomic mass is 16.3. The van der Waals surface area contributed by atoms with E-state index in [1.54, 1.807) is 24.3 Å². The molecule has 0 bridgehead atoms. The van der Waals surface area contributed by atoms with Gasteiger partial charge in [-0.1, -0.05) is 25.1 Å². The number of hydrogen-bond donors (Lipinski definition) is 3. The number of nitrogens with two attached hydrogens (primary N) is 1. The molecule has 3 heteroatoms. The molecule has 1 aromatic carbocycles. The number of para-hydroxylation sites is 1. The number of hydrogen-bond acceptors (Lipinski definition) is 3. The van der Waals surface area contributed by atoms with Crippen molar-refractivity contribution in [3.63, 3.8) is 0 Å². The highest BCUT2D eigenvalue weighted by Crippen LogP contribution is 2.23. The average Bonchev–Trinajstić information content (AvgIpc) is 2.16. The van der Waals surface area contributed by atoms with Crippen molar-refractivity contribution < 1.29 is 10.2 Å². The topological polar surface area (TPSA) is 66.5 Å². The SMILES string of the molecule is CC[C@H](O)[C@@H](O)c1ccccc1N. The summed E-state index contributed by atoms with van der Waals surface area (Å²) in [7, 11) is 0. The summed E-state index contributed by atoms with van der Waals surface area (Å²) in [5, 5.41) is 19.0. The first-order valence-corrected chi connectivity index (χ1v) is 4.37. The number of rotatable bonds is 3. The summed E-state index contributed by atoms with van der Waals surface area (Å²) in [6.45, 7) is 1.81. The summed E-state index contributed by atoms with van der Waals surface area (Å²) in [4.78, 5) is 0. The Kier molecular flexibility index (Phi) is 3.28. The molecule has 0 aromatic heterocycles. The van der Waals surface area contributed by atoms with E-state index in [-0.39, 0.29) is 0 Å². The number of benzene rings is 1. The molecule has 0 amide bonds. The van der Waals surface area contributed by atoms with Crippen molar-refractivity contribution in [1.29, 1.82) is 0 Å². The second-order valence-corrected chi connectivity index (χ2v) is 3.05. The third-order valence-electron chi connectivity index (χ3n) is 2.10. The average molecular weight is 181 g/mol. The van der Waals surface area contributed by atoms with Crippen LogP contribution < -0.4 is 5.73 Å². The van der Waals surface area contributed by atoms with Crippen LogP contribution in [0.5, 0.6) is 0 Å². The van der Waals surface area contributed by atoms with Gasteiger partial charge >= 0.3 is 0 Å². The van der Waals surface area contributed by atoms with E-state index in [0.717, 1.165) is 0 Å². The van der Waals surface area contributed by atoms with Gasteiger partial charge in [-0.3, -0.25) is 0 Å². The van der Waals surface area contributed by atoms with Gasteiger partial charge in [-0.05, 0) is 12.5 Å². The van der Waals surface area contributed by atoms with Gasteiger partial charge in [-0.25, -0.2) is 0 Å². The zero-order valence-electron chi connectivity index (χ0n) is 7.64. The molecule has 3 nitrogen and oxygen atoms in total. The van der Waals surface area contributed by atoms with E-state index < -0.39 is 12.2 Å². The monoisotopic (exact) mass is 181 g/mol. The molecule has 0 aliphatic heterocycles. The quantitative estimate of drug-likeness (QED) is 0.611. The Morgan fingerprint density at radius 1 is 1.31 bits per heavy atom. The summed E-state index contributed by atoms with van der Waals surface area (Å²) >= 11 is 0. The van der Waals surface area contributed by atoms with Crippen molar-refractivity contribution in [2.24, 2.45) is 0 Å². The molecule has 0 aliphatic carbocycles. The maximum Gasteiger partial charge on any atom is 0.107 e. The molecule has 0 saturated carbocycles. The highest BCUT2D eigenvalue weighted by molar-refractivity contribution is 5.47. The van der Waals surface area contributed by atoms with Crippen molar-refractivity contribution in [2.45, 2.75) is 25.6 Å². The van der Waals surface area contributed by atoms with E-state index >= 15 is 0 Å². The molecular formula is C10H15NO2. The molecule has 72 valence electrons. The van der Waals surface area contributed by atoms with Gasteiger partial charge in [0.25, 0.3) is 0 Å². The summed E-state index contributed by atoms with van der Waals surface area (Å²) in [5.74, 6) is 0. The molecule has 2 atom stereocenters. The fraction of sp³-hybridized carbons (Fsp3) is 0.400. The van der Waals surface area contributed by atoms with E-state index in [1.807, 2.05) is 6.92 Å². The predicted octanol–water partition coefficient (Wildman–Crippen LogP) is 1.07. The third kappa shape index (κ3) is 2.20. The number of aliphatic hydroxyl groups excluding tert-OH is 2. The summed E-state index contributed by atoms with van der Waals surface area (Å²) < 4.78 is 0. The lowest BCUT2D eigenvalue weighted by molar-refractivity contribution is 0.0169. The van der Waals surface area contributed by atoms with Gasteiger partial charge in [0.15, 0.2) is 0 Å². The first-order valence-electron chi connectivity index (χ1n) is 4.37. The summed E-state index contributed by atoms with van der Waals surface area (Å²) in [6, 6.07) is 7.01. The third-order valence-corrected chi connectivity index (χ3v) is 2.10. The van der Waals surface area contributed by atoms with Crippen LogP contribution in [0.25, 0.3) is 0 Å². The van der Waals surface area contributed by atoms with Crippen LogP contribution in [0.3, 0.4) is 0 Å². The van der Waals surface area contributed by atoms with Crippen LogP contribution in [0.1, 0.15) is 25.0 Å².